The van der Waals surface area contributed by atoms with Gasteiger partial charge in [0, 0.05) is 39.1 Å². The minimum Gasteiger partial charge on any atom is -0.354 e. The lowest BCUT2D eigenvalue weighted by molar-refractivity contribution is -0.136. The van der Waals surface area contributed by atoms with Crippen LogP contribution in [0.5, 0.6) is 0 Å². The fraction of sp³-hybridized carbons (Fsp3) is 0.900. The van der Waals surface area contributed by atoms with E-state index in [0.29, 0.717) is 18.3 Å². The maximum atomic E-state index is 12.9. The summed E-state index contributed by atoms with van der Waals surface area (Å²) in [5.41, 5.74) is 0. The first-order chi connectivity index (χ1) is 12.0. The van der Waals surface area contributed by atoms with E-state index in [0.717, 1.165) is 38.6 Å². The molecule has 1 heterocycles. The van der Waals surface area contributed by atoms with Crippen LogP contribution in [0.25, 0.3) is 0 Å². The summed E-state index contributed by atoms with van der Waals surface area (Å²) >= 11 is 0. The number of nitrogens with one attached hydrogen (secondary N) is 1. The van der Waals surface area contributed by atoms with Gasteiger partial charge in [-0.05, 0) is 43.4 Å². The molecule has 3 rings (SSSR count). The Labute approximate surface area is 152 Å². The quantitative estimate of drug-likeness (QED) is 0.767. The van der Waals surface area contributed by atoms with Gasteiger partial charge in [-0.15, -0.1) is 0 Å². The molecule has 1 N–H and O–H groups in total. The molecule has 5 heteroatoms. The van der Waals surface area contributed by atoms with Crippen molar-refractivity contribution in [1.29, 1.82) is 0 Å². The Morgan fingerprint density at radius 2 is 1.64 bits per heavy atom. The number of nitrogens with zero attached hydrogens (tertiary/aromatic N) is 2. The molecule has 5 nitrogen and oxygen atoms in total. The van der Waals surface area contributed by atoms with Crippen molar-refractivity contribution in [2.75, 3.05) is 32.7 Å². The summed E-state index contributed by atoms with van der Waals surface area (Å²) in [7, 11) is 0. The fourth-order valence-electron chi connectivity index (χ4n) is 4.35. The van der Waals surface area contributed by atoms with Crippen molar-refractivity contribution in [1.82, 2.24) is 15.1 Å². The highest BCUT2D eigenvalue weighted by Crippen LogP contribution is 2.32. The van der Waals surface area contributed by atoms with E-state index in [-0.39, 0.29) is 17.9 Å². The number of piperazine rings is 1. The fourth-order valence-corrected chi connectivity index (χ4v) is 4.35. The number of rotatable bonds is 7. The number of carbonyl (C=O) groups is 2. The average Bonchev–Trinajstić information content (AvgIpc) is 3.27. The van der Waals surface area contributed by atoms with Crippen LogP contribution in [0.2, 0.25) is 0 Å². The van der Waals surface area contributed by atoms with Gasteiger partial charge in [0.15, 0.2) is 0 Å². The van der Waals surface area contributed by atoms with Gasteiger partial charge in [-0.25, -0.2) is 0 Å². The highest BCUT2D eigenvalue weighted by molar-refractivity contribution is 5.82. The first kappa shape index (κ1) is 18.7. The van der Waals surface area contributed by atoms with E-state index in [1.54, 1.807) is 0 Å². The summed E-state index contributed by atoms with van der Waals surface area (Å²) in [6, 6.07) is 0.0172. The van der Waals surface area contributed by atoms with Crippen LogP contribution in [0.3, 0.4) is 0 Å². The Kier molecular flexibility index (Phi) is 6.37. The molecule has 142 valence electrons. The zero-order valence-corrected chi connectivity index (χ0v) is 16.0. The van der Waals surface area contributed by atoms with Crippen molar-refractivity contribution >= 4 is 11.8 Å². The van der Waals surface area contributed by atoms with Crippen molar-refractivity contribution < 1.29 is 9.59 Å². The topological polar surface area (TPSA) is 52.7 Å². The molecule has 1 unspecified atom stereocenters. The molecule has 1 aliphatic heterocycles. The van der Waals surface area contributed by atoms with E-state index in [4.69, 9.17) is 0 Å². The molecule has 2 amide bonds. The third-order valence-corrected chi connectivity index (χ3v) is 6.02. The average molecular weight is 350 g/mol. The Morgan fingerprint density at radius 3 is 2.20 bits per heavy atom. The SMILES string of the molecule is CC(C)CC(=O)N1CCN(C(C(=O)NCC2CC2)C2CCCC2)CC1. The second-order valence-corrected chi connectivity index (χ2v) is 8.69. The molecule has 0 aromatic heterocycles. The van der Waals surface area contributed by atoms with Crippen LogP contribution in [0, 0.1) is 17.8 Å². The molecule has 0 aromatic rings. The summed E-state index contributed by atoms with van der Waals surface area (Å²) in [6.07, 6.45) is 8.03. The standard InChI is InChI=1S/C20H35N3O2/c1-15(2)13-18(24)22-9-11-23(12-10-22)19(17-5-3-4-6-17)20(25)21-14-16-7-8-16/h15-17,19H,3-14H2,1-2H3,(H,21,25). The predicted molar refractivity (Wildman–Crippen MR) is 99.1 cm³/mol. The molecule has 3 aliphatic rings. The minimum absolute atomic E-state index is 0.0172. The van der Waals surface area contributed by atoms with Crippen molar-refractivity contribution in [3.63, 3.8) is 0 Å². The zero-order chi connectivity index (χ0) is 17.8. The molecule has 2 aliphatic carbocycles. The van der Waals surface area contributed by atoms with Gasteiger partial charge in [0.25, 0.3) is 0 Å². The van der Waals surface area contributed by atoms with E-state index in [1.807, 2.05) is 4.90 Å². The van der Waals surface area contributed by atoms with E-state index in [1.165, 1.54) is 38.5 Å². The van der Waals surface area contributed by atoms with Gasteiger partial charge in [0.2, 0.25) is 11.8 Å². The van der Waals surface area contributed by atoms with Gasteiger partial charge in [-0.2, -0.15) is 0 Å². The van der Waals surface area contributed by atoms with Gasteiger partial charge < -0.3 is 10.2 Å². The monoisotopic (exact) mass is 349 g/mol. The van der Waals surface area contributed by atoms with Crippen LogP contribution in [-0.2, 0) is 9.59 Å². The van der Waals surface area contributed by atoms with Gasteiger partial charge in [0.05, 0.1) is 6.04 Å². The zero-order valence-electron chi connectivity index (χ0n) is 16.0. The number of hydrogen-bond donors (Lipinski definition) is 1. The van der Waals surface area contributed by atoms with Crippen LogP contribution < -0.4 is 5.32 Å². The van der Waals surface area contributed by atoms with Crippen molar-refractivity contribution in [3.8, 4) is 0 Å². The van der Waals surface area contributed by atoms with Gasteiger partial charge in [0.1, 0.15) is 0 Å². The largest absolute Gasteiger partial charge is 0.354 e. The second-order valence-electron chi connectivity index (χ2n) is 8.69. The molecular formula is C20H35N3O2. The van der Waals surface area contributed by atoms with E-state index < -0.39 is 0 Å². The van der Waals surface area contributed by atoms with E-state index >= 15 is 0 Å². The predicted octanol–water partition coefficient (Wildman–Crippen LogP) is 2.26. The third kappa shape index (κ3) is 5.19. The lowest BCUT2D eigenvalue weighted by Crippen LogP contribution is -2.58. The maximum Gasteiger partial charge on any atom is 0.237 e. The normalized spacial score (nSPS) is 23.9. The molecule has 0 aromatic carbocycles. The summed E-state index contributed by atoms with van der Waals surface area (Å²) in [5.74, 6) is 2.13. The molecule has 0 spiro atoms. The highest BCUT2D eigenvalue weighted by Gasteiger charge is 2.37. The van der Waals surface area contributed by atoms with Gasteiger partial charge in [-0.1, -0.05) is 26.7 Å². The lowest BCUT2D eigenvalue weighted by Gasteiger charge is -2.41. The van der Waals surface area contributed by atoms with E-state index in [2.05, 4.69) is 24.1 Å². The maximum absolute atomic E-state index is 12.9. The Hall–Kier alpha value is -1.10. The minimum atomic E-state index is 0.0172. The van der Waals surface area contributed by atoms with Crippen LogP contribution in [-0.4, -0.2) is 60.4 Å². The first-order valence-corrected chi connectivity index (χ1v) is 10.3. The summed E-state index contributed by atoms with van der Waals surface area (Å²) in [6.45, 7) is 8.25. The molecule has 1 atom stereocenters. The number of hydrogen-bond acceptors (Lipinski definition) is 3. The smallest absolute Gasteiger partial charge is 0.237 e. The summed E-state index contributed by atoms with van der Waals surface area (Å²) in [4.78, 5) is 29.5. The molecule has 0 bridgehead atoms. The number of amides is 2. The molecule has 1 saturated heterocycles. The van der Waals surface area contributed by atoms with Gasteiger partial charge in [-0.3, -0.25) is 14.5 Å². The second kappa shape index (κ2) is 8.52. The van der Waals surface area contributed by atoms with Crippen LogP contribution in [0.1, 0.15) is 58.8 Å². The van der Waals surface area contributed by atoms with Crippen molar-refractivity contribution in [3.05, 3.63) is 0 Å². The van der Waals surface area contributed by atoms with Crippen LogP contribution in [0.15, 0.2) is 0 Å². The van der Waals surface area contributed by atoms with Crippen molar-refractivity contribution in [2.45, 2.75) is 64.8 Å². The van der Waals surface area contributed by atoms with Crippen molar-refractivity contribution in [2.24, 2.45) is 17.8 Å². The summed E-state index contributed by atoms with van der Waals surface area (Å²) < 4.78 is 0. The van der Waals surface area contributed by atoms with Crippen LogP contribution in [0.4, 0.5) is 0 Å². The molecule has 3 fully saturated rings. The molecule has 25 heavy (non-hydrogen) atoms. The van der Waals surface area contributed by atoms with E-state index in [9.17, 15) is 9.59 Å². The highest BCUT2D eigenvalue weighted by atomic mass is 16.2. The Balaban J connectivity index is 1.55. The summed E-state index contributed by atoms with van der Waals surface area (Å²) in [5, 5.41) is 3.22. The van der Waals surface area contributed by atoms with Gasteiger partial charge >= 0.3 is 0 Å². The molecule has 0 radical (unpaired) electrons. The lowest BCUT2D eigenvalue weighted by atomic mass is 9.95. The Morgan fingerprint density at radius 1 is 1.00 bits per heavy atom. The molecular weight excluding hydrogens is 314 g/mol. The number of carbonyl (C=O) groups excluding carboxylic acids is 2. The van der Waals surface area contributed by atoms with Crippen LogP contribution >= 0.6 is 0 Å². The Bertz CT molecular complexity index is 462. The molecule has 2 saturated carbocycles. The first-order valence-electron chi connectivity index (χ1n) is 10.3. The third-order valence-electron chi connectivity index (χ3n) is 6.02.